The summed E-state index contributed by atoms with van der Waals surface area (Å²) >= 11 is 0. The fourth-order valence-corrected chi connectivity index (χ4v) is 3.81. The Kier molecular flexibility index (Phi) is 5.31. The molecule has 122 valence electrons. The molecule has 1 heterocycles. The first-order chi connectivity index (χ1) is 9.86. The molecule has 0 aromatic carbocycles. The third-order valence-electron chi connectivity index (χ3n) is 5.45. The summed E-state index contributed by atoms with van der Waals surface area (Å²) in [5.41, 5.74) is 6.32. The predicted molar refractivity (Wildman–Crippen MR) is 87.1 cm³/mol. The van der Waals surface area contributed by atoms with Gasteiger partial charge in [-0.15, -0.1) is 0 Å². The van der Waals surface area contributed by atoms with Gasteiger partial charge in [0.25, 0.3) is 0 Å². The third kappa shape index (κ3) is 4.19. The van der Waals surface area contributed by atoms with E-state index in [9.17, 15) is 4.79 Å². The quantitative estimate of drug-likeness (QED) is 0.868. The van der Waals surface area contributed by atoms with Crippen molar-refractivity contribution in [1.82, 2.24) is 9.80 Å². The number of hydrogen-bond donors (Lipinski definition) is 1. The van der Waals surface area contributed by atoms with E-state index in [-0.39, 0.29) is 11.0 Å². The van der Waals surface area contributed by atoms with Crippen molar-refractivity contribution in [2.75, 3.05) is 32.7 Å². The van der Waals surface area contributed by atoms with Crippen molar-refractivity contribution >= 4 is 5.91 Å². The molecular weight excluding hydrogens is 262 g/mol. The van der Waals surface area contributed by atoms with Gasteiger partial charge in [-0.25, -0.2) is 0 Å². The summed E-state index contributed by atoms with van der Waals surface area (Å²) in [4.78, 5) is 17.2. The van der Waals surface area contributed by atoms with Crippen LogP contribution >= 0.6 is 0 Å². The highest BCUT2D eigenvalue weighted by Gasteiger charge is 2.35. The van der Waals surface area contributed by atoms with Crippen molar-refractivity contribution in [2.24, 2.45) is 11.1 Å². The van der Waals surface area contributed by atoms with Gasteiger partial charge in [0.2, 0.25) is 5.91 Å². The molecule has 0 unspecified atom stereocenters. The second kappa shape index (κ2) is 6.66. The van der Waals surface area contributed by atoms with Crippen molar-refractivity contribution in [3.8, 4) is 0 Å². The molecule has 0 atom stereocenters. The number of amides is 1. The van der Waals surface area contributed by atoms with Crippen LogP contribution in [0.2, 0.25) is 0 Å². The van der Waals surface area contributed by atoms with Crippen molar-refractivity contribution in [3.05, 3.63) is 0 Å². The maximum atomic E-state index is 12.6. The van der Waals surface area contributed by atoms with Gasteiger partial charge < -0.3 is 10.6 Å². The summed E-state index contributed by atoms with van der Waals surface area (Å²) in [5.74, 6) is 0.330. The fraction of sp³-hybridized carbons (Fsp3) is 0.941. The topological polar surface area (TPSA) is 49.6 Å². The van der Waals surface area contributed by atoms with Crippen LogP contribution in [0.3, 0.4) is 0 Å². The summed E-state index contributed by atoms with van der Waals surface area (Å²) in [6.45, 7) is 11.1. The van der Waals surface area contributed by atoms with E-state index in [1.807, 2.05) is 0 Å². The third-order valence-corrected chi connectivity index (χ3v) is 5.45. The predicted octanol–water partition coefficient (Wildman–Crippen LogP) is 2.23. The summed E-state index contributed by atoms with van der Waals surface area (Å²) in [6.07, 6.45) is 6.72. The molecular formula is C17H33N3O. The van der Waals surface area contributed by atoms with Crippen molar-refractivity contribution in [2.45, 2.75) is 64.8 Å². The Morgan fingerprint density at radius 2 is 1.62 bits per heavy atom. The molecule has 0 bridgehead atoms. The normalized spacial score (nSPS) is 24.1. The molecule has 1 saturated carbocycles. The second-order valence-electron chi connectivity index (χ2n) is 7.98. The van der Waals surface area contributed by atoms with Gasteiger partial charge in [0.15, 0.2) is 0 Å². The minimum atomic E-state index is 0.0937. The van der Waals surface area contributed by atoms with Crippen LogP contribution in [0, 0.1) is 5.41 Å². The van der Waals surface area contributed by atoms with E-state index in [1.54, 1.807) is 0 Å². The van der Waals surface area contributed by atoms with Crippen LogP contribution < -0.4 is 5.73 Å². The number of piperazine rings is 1. The van der Waals surface area contributed by atoms with E-state index in [0.29, 0.717) is 18.9 Å². The Hall–Kier alpha value is -0.610. The first kappa shape index (κ1) is 16.8. The number of nitrogens with two attached hydrogens (primary N) is 1. The van der Waals surface area contributed by atoms with Crippen LogP contribution in [-0.4, -0.2) is 54.0 Å². The maximum absolute atomic E-state index is 12.6. The zero-order chi connectivity index (χ0) is 15.5. The molecule has 21 heavy (non-hydrogen) atoms. The minimum absolute atomic E-state index is 0.0937. The van der Waals surface area contributed by atoms with Gasteiger partial charge in [0.1, 0.15) is 0 Å². The molecule has 4 heteroatoms. The van der Waals surface area contributed by atoms with Crippen LogP contribution in [0.25, 0.3) is 0 Å². The highest BCUT2D eigenvalue weighted by Crippen LogP contribution is 2.38. The van der Waals surface area contributed by atoms with Crippen molar-refractivity contribution in [1.29, 1.82) is 0 Å². The Morgan fingerprint density at radius 3 is 2.10 bits per heavy atom. The van der Waals surface area contributed by atoms with E-state index >= 15 is 0 Å². The summed E-state index contributed by atoms with van der Waals surface area (Å²) < 4.78 is 0. The molecule has 0 radical (unpaired) electrons. The first-order valence-corrected chi connectivity index (χ1v) is 8.59. The molecule has 2 N–H and O–H groups in total. The van der Waals surface area contributed by atoms with E-state index < -0.39 is 0 Å². The molecule has 4 nitrogen and oxygen atoms in total. The van der Waals surface area contributed by atoms with Gasteiger partial charge in [-0.1, -0.05) is 19.3 Å². The maximum Gasteiger partial charge on any atom is 0.223 e. The number of nitrogens with zero attached hydrogens (tertiary/aromatic N) is 2. The molecule has 2 aliphatic rings. The lowest BCUT2D eigenvalue weighted by molar-refractivity contribution is -0.136. The van der Waals surface area contributed by atoms with Crippen molar-refractivity contribution < 1.29 is 4.79 Å². The van der Waals surface area contributed by atoms with Crippen LogP contribution in [0.5, 0.6) is 0 Å². The number of hydrogen-bond acceptors (Lipinski definition) is 3. The molecule has 1 saturated heterocycles. The Balaban J connectivity index is 1.87. The molecule has 0 spiro atoms. The van der Waals surface area contributed by atoms with Crippen LogP contribution in [-0.2, 0) is 4.79 Å². The van der Waals surface area contributed by atoms with Crippen LogP contribution in [0.1, 0.15) is 59.3 Å². The lowest BCUT2D eigenvalue weighted by Crippen LogP contribution is -2.55. The summed E-state index contributed by atoms with van der Waals surface area (Å²) in [6, 6.07) is 0. The number of carbonyl (C=O) groups excluding carboxylic acids is 1. The minimum Gasteiger partial charge on any atom is -0.340 e. The largest absolute Gasteiger partial charge is 0.340 e. The van der Waals surface area contributed by atoms with Gasteiger partial charge in [0.05, 0.1) is 0 Å². The summed E-state index contributed by atoms with van der Waals surface area (Å²) in [5, 5.41) is 0. The number of rotatable bonds is 3. The second-order valence-corrected chi connectivity index (χ2v) is 7.98. The zero-order valence-electron chi connectivity index (χ0n) is 14.2. The molecule has 1 aliphatic heterocycles. The van der Waals surface area contributed by atoms with E-state index in [4.69, 9.17) is 5.73 Å². The molecule has 1 aliphatic carbocycles. The van der Waals surface area contributed by atoms with Crippen LogP contribution in [0.15, 0.2) is 0 Å². The van der Waals surface area contributed by atoms with Crippen molar-refractivity contribution in [3.63, 3.8) is 0 Å². The average molecular weight is 295 g/mol. The summed E-state index contributed by atoms with van der Waals surface area (Å²) in [7, 11) is 0. The highest BCUT2D eigenvalue weighted by atomic mass is 16.2. The van der Waals surface area contributed by atoms with E-state index in [0.717, 1.165) is 39.0 Å². The molecule has 2 fully saturated rings. The molecule has 2 rings (SSSR count). The lowest BCUT2D eigenvalue weighted by atomic mass is 9.71. The Morgan fingerprint density at radius 1 is 1.05 bits per heavy atom. The molecule has 1 amide bonds. The smallest absolute Gasteiger partial charge is 0.223 e. The van der Waals surface area contributed by atoms with Gasteiger partial charge in [0, 0.05) is 38.1 Å². The Labute approximate surface area is 130 Å². The zero-order valence-corrected chi connectivity index (χ0v) is 14.2. The average Bonchev–Trinajstić information content (AvgIpc) is 2.47. The highest BCUT2D eigenvalue weighted by molar-refractivity contribution is 5.77. The van der Waals surface area contributed by atoms with Gasteiger partial charge in [-0.05, 0) is 45.6 Å². The van der Waals surface area contributed by atoms with Gasteiger partial charge in [-0.3, -0.25) is 9.69 Å². The SMILES string of the molecule is CC(C)(C)N1CCN(C(=O)CC2(CN)CCCCC2)CC1. The van der Waals surface area contributed by atoms with Crippen LogP contribution in [0.4, 0.5) is 0 Å². The molecule has 0 aromatic rings. The Bertz CT molecular complexity index is 348. The lowest BCUT2D eigenvalue weighted by Gasteiger charge is -2.43. The first-order valence-electron chi connectivity index (χ1n) is 8.59. The van der Waals surface area contributed by atoms with E-state index in [2.05, 4.69) is 30.6 Å². The monoisotopic (exact) mass is 295 g/mol. The number of carbonyl (C=O) groups is 1. The molecule has 0 aromatic heterocycles. The fourth-order valence-electron chi connectivity index (χ4n) is 3.81. The van der Waals surface area contributed by atoms with Gasteiger partial charge in [-0.2, -0.15) is 0 Å². The standard InChI is InChI=1S/C17H33N3O/c1-16(2,3)20-11-9-19(10-12-20)15(21)13-17(14-18)7-5-4-6-8-17/h4-14,18H2,1-3H3. The van der Waals surface area contributed by atoms with Gasteiger partial charge >= 0.3 is 0 Å². The van der Waals surface area contributed by atoms with E-state index in [1.165, 1.54) is 19.3 Å².